The summed E-state index contributed by atoms with van der Waals surface area (Å²) in [6, 6.07) is 11.1. The third-order valence-corrected chi connectivity index (χ3v) is 6.96. The van der Waals surface area contributed by atoms with Crippen molar-refractivity contribution in [1.82, 2.24) is 19.9 Å². The normalized spacial score (nSPS) is 18.4. The van der Waals surface area contributed by atoms with Crippen molar-refractivity contribution in [2.24, 2.45) is 5.92 Å². The van der Waals surface area contributed by atoms with E-state index in [4.69, 9.17) is 0 Å². The summed E-state index contributed by atoms with van der Waals surface area (Å²) in [5, 5.41) is 5.47. The third-order valence-electron chi connectivity index (χ3n) is 5.08. The van der Waals surface area contributed by atoms with Crippen molar-refractivity contribution in [2.45, 2.75) is 37.2 Å². The molecule has 30 heavy (non-hydrogen) atoms. The number of rotatable bonds is 7. The van der Waals surface area contributed by atoms with Crippen LogP contribution in [0.1, 0.15) is 25.3 Å². The number of aromatic nitrogens is 1. The van der Waals surface area contributed by atoms with Crippen LogP contribution in [0.2, 0.25) is 0 Å². The van der Waals surface area contributed by atoms with E-state index in [1.165, 1.54) is 4.31 Å². The van der Waals surface area contributed by atoms with Crippen molar-refractivity contribution >= 4 is 21.8 Å². The van der Waals surface area contributed by atoms with Gasteiger partial charge < -0.3 is 10.6 Å². The number of pyridine rings is 1. The first-order valence-corrected chi connectivity index (χ1v) is 11.3. The average molecular weight is 431 g/mol. The number of nitrogens with zero attached hydrogens (tertiary/aromatic N) is 2. The van der Waals surface area contributed by atoms with Crippen LogP contribution in [0.25, 0.3) is 0 Å². The lowest BCUT2D eigenvalue weighted by molar-refractivity contribution is -0.131. The first-order chi connectivity index (χ1) is 14.4. The predicted octanol–water partition coefficient (Wildman–Crippen LogP) is 1.30. The minimum Gasteiger partial charge on any atom is -0.350 e. The Labute approximate surface area is 176 Å². The molecule has 0 spiro atoms. The summed E-state index contributed by atoms with van der Waals surface area (Å²) in [6.45, 7) is 2.41. The predicted molar refractivity (Wildman–Crippen MR) is 112 cm³/mol. The molecule has 2 N–H and O–H groups in total. The second-order valence-corrected chi connectivity index (χ2v) is 9.26. The molecular formula is C21H26N4O4S. The van der Waals surface area contributed by atoms with E-state index >= 15 is 0 Å². The summed E-state index contributed by atoms with van der Waals surface area (Å²) in [6.07, 6.45) is 4.48. The van der Waals surface area contributed by atoms with Gasteiger partial charge in [-0.3, -0.25) is 14.6 Å². The molecule has 1 aliphatic rings. The van der Waals surface area contributed by atoms with Crippen molar-refractivity contribution in [1.29, 1.82) is 0 Å². The zero-order valence-electron chi connectivity index (χ0n) is 16.8. The summed E-state index contributed by atoms with van der Waals surface area (Å²) in [5.41, 5.74) is 0.860. The maximum atomic E-state index is 12.8. The van der Waals surface area contributed by atoms with Gasteiger partial charge in [0.15, 0.2) is 0 Å². The molecule has 1 aromatic heterocycles. The second kappa shape index (κ2) is 9.82. The summed E-state index contributed by atoms with van der Waals surface area (Å²) >= 11 is 0. The lowest BCUT2D eigenvalue weighted by Crippen LogP contribution is -2.50. The van der Waals surface area contributed by atoms with E-state index in [1.54, 1.807) is 55.7 Å². The van der Waals surface area contributed by atoms with Crippen LogP contribution in [0.15, 0.2) is 59.8 Å². The molecule has 0 radical (unpaired) electrons. The Morgan fingerprint density at radius 3 is 2.67 bits per heavy atom. The minimum atomic E-state index is -3.64. The lowest BCUT2D eigenvalue weighted by atomic mass is 9.98. The number of benzene rings is 1. The van der Waals surface area contributed by atoms with Gasteiger partial charge in [0.1, 0.15) is 6.04 Å². The Bertz CT molecular complexity index is 967. The van der Waals surface area contributed by atoms with Gasteiger partial charge in [0.25, 0.3) is 0 Å². The third kappa shape index (κ3) is 5.43. The van der Waals surface area contributed by atoms with Gasteiger partial charge >= 0.3 is 0 Å². The molecule has 0 unspecified atom stereocenters. The molecule has 0 bridgehead atoms. The first kappa shape index (κ1) is 21.9. The molecule has 3 rings (SSSR count). The van der Waals surface area contributed by atoms with Gasteiger partial charge in [0.2, 0.25) is 21.8 Å². The highest BCUT2D eigenvalue weighted by Gasteiger charge is 2.34. The zero-order valence-corrected chi connectivity index (χ0v) is 17.6. The van der Waals surface area contributed by atoms with Crippen LogP contribution in [0.3, 0.4) is 0 Å². The Morgan fingerprint density at radius 2 is 1.97 bits per heavy atom. The summed E-state index contributed by atoms with van der Waals surface area (Å²) < 4.78 is 27.0. The van der Waals surface area contributed by atoms with Crippen LogP contribution in [0.5, 0.6) is 0 Å². The summed E-state index contributed by atoms with van der Waals surface area (Å²) in [5.74, 6) is -1.12. The van der Waals surface area contributed by atoms with Crippen molar-refractivity contribution in [3.63, 3.8) is 0 Å². The van der Waals surface area contributed by atoms with Crippen LogP contribution in [0, 0.1) is 5.92 Å². The maximum absolute atomic E-state index is 12.8. The van der Waals surface area contributed by atoms with Gasteiger partial charge in [-0.1, -0.05) is 24.3 Å². The Kier molecular flexibility index (Phi) is 7.17. The van der Waals surface area contributed by atoms with Crippen molar-refractivity contribution in [2.75, 3.05) is 13.1 Å². The Morgan fingerprint density at radius 1 is 1.20 bits per heavy atom. The van der Waals surface area contributed by atoms with Gasteiger partial charge in [-0.2, -0.15) is 4.31 Å². The van der Waals surface area contributed by atoms with E-state index in [9.17, 15) is 18.0 Å². The van der Waals surface area contributed by atoms with Crippen LogP contribution in [-0.4, -0.2) is 48.7 Å². The average Bonchev–Trinajstić information content (AvgIpc) is 2.78. The second-order valence-electron chi connectivity index (χ2n) is 7.32. The van der Waals surface area contributed by atoms with E-state index in [-0.39, 0.29) is 23.3 Å². The highest BCUT2D eigenvalue weighted by Crippen LogP contribution is 2.23. The number of carbonyl (C=O) groups excluding carboxylic acids is 2. The molecule has 160 valence electrons. The number of amides is 2. The summed E-state index contributed by atoms with van der Waals surface area (Å²) in [4.78, 5) is 29.2. The number of carbonyl (C=O) groups is 2. The van der Waals surface area contributed by atoms with E-state index < -0.39 is 22.0 Å². The van der Waals surface area contributed by atoms with E-state index in [0.29, 0.717) is 25.9 Å². The van der Waals surface area contributed by atoms with E-state index in [1.807, 2.05) is 6.07 Å². The van der Waals surface area contributed by atoms with Gasteiger partial charge in [0, 0.05) is 32.0 Å². The van der Waals surface area contributed by atoms with Crippen molar-refractivity contribution in [3.05, 3.63) is 60.4 Å². The topological polar surface area (TPSA) is 108 Å². The zero-order chi connectivity index (χ0) is 21.6. The fourth-order valence-electron chi connectivity index (χ4n) is 3.36. The molecule has 2 aromatic rings. The van der Waals surface area contributed by atoms with Gasteiger partial charge in [-0.25, -0.2) is 8.42 Å². The fraction of sp³-hybridized carbons (Fsp3) is 0.381. The highest BCUT2D eigenvalue weighted by atomic mass is 32.2. The molecular weight excluding hydrogens is 404 g/mol. The Balaban J connectivity index is 1.55. The molecule has 1 fully saturated rings. The minimum absolute atomic E-state index is 0.104. The number of hydrogen-bond donors (Lipinski definition) is 2. The molecule has 0 aliphatic carbocycles. The first-order valence-electron chi connectivity index (χ1n) is 9.90. The number of nitrogens with one attached hydrogen (secondary N) is 2. The standard InChI is InChI=1S/C21H26N4O4S/c1-16(20(26)23-14-17-7-5-11-22-13-17)24-21(27)18-8-6-12-25(15-18)30(28,29)19-9-3-2-4-10-19/h2-5,7,9-11,13,16,18H,6,8,12,14-15H2,1H3,(H,23,26)(H,24,27)/t16-,18+/m0/s1. The maximum Gasteiger partial charge on any atom is 0.243 e. The quantitative estimate of drug-likeness (QED) is 0.688. The van der Waals surface area contributed by atoms with Crippen LogP contribution >= 0.6 is 0 Å². The molecule has 2 heterocycles. The van der Waals surface area contributed by atoms with Crippen LogP contribution in [0.4, 0.5) is 0 Å². The van der Waals surface area contributed by atoms with E-state index in [0.717, 1.165) is 5.56 Å². The number of piperidine rings is 1. The largest absolute Gasteiger partial charge is 0.350 e. The number of sulfonamides is 1. The summed E-state index contributed by atoms with van der Waals surface area (Å²) in [7, 11) is -3.64. The highest BCUT2D eigenvalue weighted by molar-refractivity contribution is 7.89. The molecule has 8 nitrogen and oxygen atoms in total. The molecule has 1 aliphatic heterocycles. The van der Waals surface area contributed by atoms with Crippen molar-refractivity contribution < 1.29 is 18.0 Å². The molecule has 2 atom stereocenters. The van der Waals surface area contributed by atoms with Gasteiger partial charge in [0.05, 0.1) is 10.8 Å². The molecule has 1 aromatic carbocycles. The van der Waals surface area contributed by atoms with Crippen molar-refractivity contribution in [3.8, 4) is 0 Å². The fourth-order valence-corrected chi connectivity index (χ4v) is 4.90. The monoisotopic (exact) mass is 430 g/mol. The molecule has 1 saturated heterocycles. The van der Waals surface area contributed by atoms with Gasteiger partial charge in [-0.05, 0) is 43.5 Å². The molecule has 2 amide bonds. The Hall–Kier alpha value is -2.78. The number of hydrogen-bond acceptors (Lipinski definition) is 5. The van der Waals surface area contributed by atoms with Crippen LogP contribution < -0.4 is 10.6 Å². The van der Waals surface area contributed by atoms with Gasteiger partial charge in [-0.15, -0.1) is 0 Å². The lowest BCUT2D eigenvalue weighted by Gasteiger charge is -2.31. The molecule has 9 heteroatoms. The molecule has 0 saturated carbocycles. The van der Waals surface area contributed by atoms with E-state index in [2.05, 4.69) is 15.6 Å². The van der Waals surface area contributed by atoms with Crippen LogP contribution in [-0.2, 0) is 26.2 Å². The SMILES string of the molecule is C[C@H](NC(=O)[C@@H]1CCCN(S(=O)(=O)c2ccccc2)C1)C(=O)NCc1cccnc1. The smallest absolute Gasteiger partial charge is 0.243 e.